The van der Waals surface area contributed by atoms with Crippen LogP contribution in [0.15, 0.2) is 24.3 Å². The Balaban J connectivity index is 1.81. The van der Waals surface area contributed by atoms with Gasteiger partial charge in [-0.15, -0.1) is 0 Å². The fraction of sp³-hybridized carbons (Fsp3) is 0.500. The molecule has 3 N–H and O–H groups in total. The summed E-state index contributed by atoms with van der Waals surface area (Å²) >= 11 is 0. The van der Waals surface area contributed by atoms with Crippen LogP contribution in [0, 0.1) is 33.5 Å². The highest BCUT2D eigenvalue weighted by Crippen LogP contribution is 2.20. The minimum atomic E-state index is -0.553. The number of aryl methyl sites for hydroxylation is 4. The van der Waals surface area contributed by atoms with Gasteiger partial charge in [0, 0.05) is 23.6 Å². The number of benzene rings is 1. The van der Waals surface area contributed by atoms with Crippen molar-refractivity contribution in [2.24, 2.45) is 0 Å². The third kappa shape index (κ3) is 5.83. The van der Waals surface area contributed by atoms with Crippen LogP contribution in [0.1, 0.15) is 54.6 Å². The first-order valence-electron chi connectivity index (χ1n) is 9.93. The monoisotopic (exact) mass is 389 g/mol. The molecule has 0 saturated carbocycles. The molecule has 0 aliphatic heterocycles. The number of nitrogens with one attached hydrogen (secondary N) is 2. The van der Waals surface area contributed by atoms with Crippen LogP contribution in [-0.4, -0.2) is 21.7 Å². The molecule has 0 radical (unpaired) electrons. The molecule has 154 valence electrons. The van der Waals surface area contributed by atoms with Crippen molar-refractivity contribution in [3.63, 3.8) is 0 Å². The Morgan fingerprint density at radius 1 is 1.04 bits per heavy atom. The minimum Gasteiger partial charge on any atom is -0.374 e. The van der Waals surface area contributed by atoms with E-state index in [4.69, 9.17) is 5.21 Å². The van der Waals surface area contributed by atoms with Crippen LogP contribution < -0.4 is 10.8 Å². The summed E-state index contributed by atoms with van der Waals surface area (Å²) in [5.41, 5.74) is 6.04. The van der Waals surface area contributed by atoms with Crippen molar-refractivity contribution in [3.8, 4) is 0 Å². The molecule has 0 unspecified atom stereocenters. The molecule has 1 aromatic carbocycles. The average Bonchev–Trinajstić information content (AvgIpc) is 2.98. The first kappa shape index (κ1) is 22.0. The lowest BCUT2D eigenvalue weighted by atomic mass is 10.0. The second-order valence-electron chi connectivity index (χ2n) is 7.57. The van der Waals surface area contributed by atoms with Crippen molar-refractivity contribution in [2.45, 2.75) is 72.4 Å². The second kappa shape index (κ2) is 10.3. The Labute approximate surface area is 166 Å². The predicted molar refractivity (Wildman–Crippen MR) is 110 cm³/mol. The van der Waals surface area contributed by atoms with E-state index < -0.39 is 11.9 Å². The lowest BCUT2D eigenvalue weighted by Gasteiger charge is -2.19. The van der Waals surface area contributed by atoms with Crippen LogP contribution in [0.2, 0.25) is 0 Å². The van der Waals surface area contributed by atoms with Crippen molar-refractivity contribution in [3.05, 3.63) is 52.6 Å². The largest absolute Gasteiger partial charge is 0.374 e. The Morgan fingerprint density at radius 3 is 2.18 bits per heavy atom. The van der Waals surface area contributed by atoms with Gasteiger partial charge in [-0.2, -0.15) is 0 Å². The summed E-state index contributed by atoms with van der Waals surface area (Å²) in [5, 5.41) is 12.2. The van der Waals surface area contributed by atoms with Gasteiger partial charge in [0.25, 0.3) is 5.91 Å². The molecule has 5 nitrogen and oxygen atoms in total. The highest BCUT2D eigenvalue weighted by atomic mass is 19.1. The Kier molecular flexibility index (Phi) is 8.05. The average molecular weight is 390 g/mol. The Bertz CT molecular complexity index is 759. The molecule has 0 aliphatic rings. The molecule has 0 aliphatic carbocycles. The molecule has 1 atom stereocenters. The number of nitrogens with zero attached hydrogens (tertiary/aromatic N) is 1. The number of aromatic nitrogens is 1. The normalized spacial score (nSPS) is 12.1. The van der Waals surface area contributed by atoms with Gasteiger partial charge in [0.15, 0.2) is 0 Å². The first-order valence-corrected chi connectivity index (χ1v) is 9.93. The van der Waals surface area contributed by atoms with Crippen molar-refractivity contribution in [2.75, 3.05) is 5.32 Å². The standard InChI is InChI=1S/C22H32FN3O2/c1-15-13-19(14-16(2)21(15)23)24-20(22(27)25-28)9-7-5-6-8-12-26-17(3)10-11-18(26)4/h10-11,13-14,20,24,28H,5-9,12H2,1-4H3,(H,25,27)/t20-/m1/s1. The van der Waals surface area contributed by atoms with Gasteiger partial charge in [-0.1, -0.05) is 19.3 Å². The number of hydroxylamine groups is 1. The fourth-order valence-corrected chi connectivity index (χ4v) is 3.60. The van der Waals surface area contributed by atoms with Crippen LogP contribution in [-0.2, 0) is 11.3 Å². The van der Waals surface area contributed by atoms with Gasteiger partial charge in [0.05, 0.1) is 0 Å². The summed E-state index contributed by atoms with van der Waals surface area (Å²) < 4.78 is 16.1. The zero-order chi connectivity index (χ0) is 20.7. The zero-order valence-electron chi connectivity index (χ0n) is 17.3. The molecule has 2 aromatic rings. The number of halogens is 1. The van der Waals surface area contributed by atoms with E-state index in [-0.39, 0.29) is 5.82 Å². The molecule has 1 aromatic heterocycles. The fourth-order valence-electron chi connectivity index (χ4n) is 3.60. The number of anilines is 1. The summed E-state index contributed by atoms with van der Waals surface area (Å²) in [5.74, 6) is -0.708. The summed E-state index contributed by atoms with van der Waals surface area (Å²) in [6.07, 6.45) is 4.66. The molecular weight excluding hydrogens is 357 g/mol. The van der Waals surface area contributed by atoms with Gasteiger partial charge in [-0.25, -0.2) is 9.87 Å². The van der Waals surface area contributed by atoms with Crippen LogP contribution in [0.3, 0.4) is 0 Å². The summed E-state index contributed by atoms with van der Waals surface area (Å²) in [4.78, 5) is 12.0. The maximum absolute atomic E-state index is 13.8. The van der Waals surface area contributed by atoms with Crippen molar-refractivity contribution >= 4 is 11.6 Å². The van der Waals surface area contributed by atoms with Gasteiger partial charge < -0.3 is 9.88 Å². The summed E-state index contributed by atoms with van der Waals surface area (Å²) in [7, 11) is 0. The number of amides is 1. The van der Waals surface area contributed by atoms with E-state index >= 15 is 0 Å². The van der Waals surface area contributed by atoms with Crippen LogP contribution in [0.4, 0.5) is 10.1 Å². The van der Waals surface area contributed by atoms with E-state index in [0.29, 0.717) is 23.2 Å². The molecule has 0 saturated heterocycles. The highest BCUT2D eigenvalue weighted by Gasteiger charge is 2.18. The quantitative estimate of drug-likeness (QED) is 0.311. The molecule has 0 spiro atoms. The van der Waals surface area contributed by atoms with E-state index in [9.17, 15) is 9.18 Å². The van der Waals surface area contributed by atoms with Gasteiger partial charge in [-0.05, 0) is 75.9 Å². The molecule has 6 heteroatoms. The van der Waals surface area contributed by atoms with E-state index in [1.165, 1.54) is 11.4 Å². The van der Waals surface area contributed by atoms with E-state index in [2.05, 4.69) is 35.9 Å². The third-order valence-corrected chi connectivity index (χ3v) is 5.25. The summed E-state index contributed by atoms with van der Waals surface area (Å²) in [6, 6.07) is 7.09. The van der Waals surface area contributed by atoms with Crippen LogP contribution in [0.25, 0.3) is 0 Å². The number of unbranched alkanes of at least 4 members (excludes halogenated alkanes) is 3. The van der Waals surface area contributed by atoms with Crippen LogP contribution >= 0.6 is 0 Å². The second-order valence-corrected chi connectivity index (χ2v) is 7.57. The lowest BCUT2D eigenvalue weighted by Crippen LogP contribution is -2.38. The van der Waals surface area contributed by atoms with E-state index in [0.717, 1.165) is 32.2 Å². The van der Waals surface area contributed by atoms with Crippen LogP contribution in [0.5, 0.6) is 0 Å². The summed E-state index contributed by atoms with van der Waals surface area (Å²) in [6.45, 7) is 8.65. The van der Waals surface area contributed by atoms with Gasteiger partial charge in [0.2, 0.25) is 0 Å². The van der Waals surface area contributed by atoms with E-state index in [1.807, 2.05) is 0 Å². The molecule has 1 amide bonds. The van der Waals surface area contributed by atoms with Crippen molar-refractivity contribution in [1.82, 2.24) is 10.0 Å². The first-order chi connectivity index (χ1) is 13.3. The Morgan fingerprint density at radius 2 is 1.61 bits per heavy atom. The SMILES string of the molecule is Cc1cc(N[C@H](CCCCCCn2c(C)ccc2C)C(=O)NO)cc(C)c1F. The maximum atomic E-state index is 13.8. The maximum Gasteiger partial charge on any atom is 0.265 e. The lowest BCUT2D eigenvalue weighted by molar-refractivity contribution is -0.130. The molecule has 0 bridgehead atoms. The van der Waals surface area contributed by atoms with Crippen molar-refractivity contribution in [1.29, 1.82) is 0 Å². The number of carbonyl (C=O) groups is 1. The smallest absolute Gasteiger partial charge is 0.265 e. The molecular formula is C22H32FN3O2. The highest BCUT2D eigenvalue weighted by molar-refractivity contribution is 5.83. The zero-order valence-corrected chi connectivity index (χ0v) is 17.3. The predicted octanol–water partition coefficient (Wildman–Crippen LogP) is 4.80. The molecule has 2 rings (SSSR count). The number of carbonyl (C=O) groups excluding carboxylic acids is 1. The Hall–Kier alpha value is -2.34. The topological polar surface area (TPSA) is 66.3 Å². The van der Waals surface area contributed by atoms with E-state index in [1.54, 1.807) is 31.5 Å². The molecule has 28 heavy (non-hydrogen) atoms. The number of hydrogen-bond donors (Lipinski definition) is 3. The minimum absolute atomic E-state index is 0.234. The number of rotatable bonds is 10. The van der Waals surface area contributed by atoms with Gasteiger partial charge >= 0.3 is 0 Å². The number of hydrogen-bond acceptors (Lipinski definition) is 3. The molecule has 1 heterocycles. The van der Waals surface area contributed by atoms with Gasteiger partial charge in [0.1, 0.15) is 11.9 Å². The van der Waals surface area contributed by atoms with Gasteiger partial charge in [-0.3, -0.25) is 10.0 Å². The third-order valence-electron chi connectivity index (χ3n) is 5.25. The van der Waals surface area contributed by atoms with Crippen molar-refractivity contribution < 1.29 is 14.4 Å². The molecule has 0 fully saturated rings.